The predicted octanol–water partition coefficient (Wildman–Crippen LogP) is 0.252. The Morgan fingerprint density at radius 2 is 2.00 bits per heavy atom. The highest BCUT2D eigenvalue weighted by Gasteiger charge is 2.57. The standard InChI is InChI=1S/C8H11F3N2O3S/c1-7(12,8(9,10)11)6(16)13-3-17-2-4(13)5(14)15/h4H,2-3,12H2,1H3,(H,14,15). The maximum absolute atomic E-state index is 12.5. The number of nitrogens with two attached hydrogens (primary N) is 1. The second-order valence-electron chi connectivity index (χ2n) is 3.83. The molecule has 3 N–H and O–H groups in total. The fraction of sp³-hybridized carbons (Fsp3) is 0.750. The Morgan fingerprint density at radius 3 is 2.41 bits per heavy atom. The average molecular weight is 272 g/mol. The molecule has 17 heavy (non-hydrogen) atoms. The van der Waals surface area contributed by atoms with Gasteiger partial charge < -0.3 is 15.7 Å². The van der Waals surface area contributed by atoms with Gasteiger partial charge in [0.1, 0.15) is 6.04 Å². The molecule has 0 aromatic heterocycles. The maximum Gasteiger partial charge on any atom is 0.415 e. The number of carboxylic acids is 1. The van der Waals surface area contributed by atoms with E-state index in [2.05, 4.69) is 0 Å². The molecule has 1 aliphatic heterocycles. The fourth-order valence-electron chi connectivity index (χ4n) is 1.27. The van der Waals surface area contributed by atoms with Crippen molar-refractivity contribution in [2.24, 2.45) is 5.73 Å². The molecule has 0 aromatic carbocycles. The van der Waals surface area contributed by atoms with Crippen molar-refractivity contribution in [2.75, 3.05) is 11.6 Å². The van der Waals surface area contributed by atoms with Gasteiger partial charge in [0.25, 0.3) is 5.91 Å². The van der Waals surface area contributed by atoms with Crippen LogP contribution in [0.2, 0.25) is 0 Å². The lowest BCUT2D eigenvalue weighted by Gasteiger charge is -2.32. The van der Waals surface area contributed by atoms with Gasteiger partial charge in [0.15, 0.2) is 5.54 Å². The van der Waals surface area contributed by atoms with Crippen LogP contribution < -0.4 is 5.73 Å². The van der Waals surface area contributed by atoms with Crippen LogP contribution in [0.1, 0.15) is 6.92 Å². The summed E-state index contributed by atoms with van der Waals surface area (Å²) in [5.74, 6) is -2.78. The molecule has 2 unspecified atom stereocenters. The molecule has 1 saturated heterocycles. The van der Waals surface area contributed by atoms with Crippen molar-refractivity contribution >= 4 is 23.6 Å². The lowest BCUT2D eigenvalue weighted by Crippen LogP contribution is -2.63. The normalized spacial score (nSPS) is 24.5. The van der Waals surface area contributed by atoms with Crippen molar-refractivity contribution in [3.8, 4) is 0 Å². The van der Waals surface area contributed by atoms with Gasteiger partial charge in [-0.05, 0) is 6.92 Å². The molecule has 1 fully saturated rings. The first-order chi connectivity index (χ1) is 7.59. The van der Waals surface area contributed by atoms with E-state index in [1.54, 1.807) is 0 Å². The summed E-state index contributed by atoms with van der Waals surface area (Å²) in [5.41, 5.74) is 1.90. The van der Waals surface area contributed by atoms with Crippen LogP contribution in [0.4, 0.5) is 13.2 Å². The van der Waals surface area contributed by atoms with Crippen LogP contribution in [0.15, 0.2) is 0 Å². The number of thioether (sulfide) groups is 1. The van der Waals surface area contributed by atoms with E-state index in [9.17, 15) is 22.8 Å². The van der Waals surface area contributed by atoms with Crippen molar-refractivity contribution in [1.29, 1.82) is 0 Å². The number of alkyl halides is 3. The fourth-order valence-corrected chi connectivity index (χ4v) is 2.41. The molecule has 0 bridgehead atoms. The number of hydrogen-bond donors (Lipinski definition) is 2. The van der Waals surface area contributed by atoms with Gasteiger partial charge in [0.05, 0.1) is 5.88 Å². The van der Waals surface area contributed by atoms with Crippen molar-refractivity contribution < 1.29 is 27.9 Å². The molecule has 1 amide bonds. The molecule has 0 aliphatic carbocycles. The third-order valence-electron chi connectivity index (χ3n) is 2.46. The number of amides is 1. The molecule has 1 rings (SSSR count). The smallest absolute Gasteiger partial charge is 0.415 e. The van der Waals surface area contributed by atoms with Gasteiger partial charge in [-0.2, -0.15) is 13.2 Å². The molecule has 0 aromatic rings. The van der Waals surface area contributed by atoms with Crippen molar-refractivity contribution in [1.82, 2.24) is 4.90 Å². The number of halogens is 3. The second-order valence-corrected chi connectivity index (χ2v) is 4.83. The monoisotopic (exact) mass is 272 g/mol. The largest absolute Gasteiger partial charge is 0.480 e. The van der Waals surface area contributed by atoms with E-state index < -0.39 is 29.6 Å². The Kier molecular flexibility index (Phi) is 3.63. The molecule has 0 saturated carbocycles. The topological polar surface area (TPSA) is 83.6 Å². The Labute approximate surface area is 99.1 Å². The van der Waals surface area contributed by atoms with E-state index in [0.29, 0.717) is 11.8 Å². The number of carbonyl (C=O) groups excluding carboxylic acids is 1. The minimum atomic E-state index is -4.92. The van der Waals surface area contributed by atoms with E-state index in [1.165, 1.54) is 0 Å². The SMILES string of the molecule is CC(N)(C(=O)N1CSCC1C(=O)O)C(F)(F)F. The lowest BCUT2D eigenvalue weighted by atomic mass is 10.0. The zero-order valence-corrected chi connectivity index (χ0v) is 9.64. The Hall–Kier alpha value is -0.960. The summed E-state index contributed by atoms with van der Waals surface area (Å²) in [6.07, 6.45) is -4.92. The minimum Gasteiger partial charge on any atom is -0.480 e. The summed E-state index contributed by atoms with van der Waals surface area (Å²) in [5, 5.41) is 8.77. The van der Waals surface area contributed by atoms with Gasteiger partial charge in [-0.1, -0.05) is 0 Å². The highest BCUT2D eigenvalue weighted by molar-refractivity contribution is 7.99. The van der Waals surface area contributed by atoms with Gasteiger partial charge in [-0.3, -0.25) is 4.79 Å². The van der Waals surface area contributed by atoms with E-state index in [0.717, 1.165) is 11.8 Å². The van der Waals surface area contributed by atoms with E-state index in [4.69, 9.17) is 10.8 Å². The molecule has 1 aliphatic rings. The van der Waals surface area contributed by atoms with E-state index in [1.807, 2.05) is 0 Å². The van der Waals surface area contributed by atoms with Crippen LogP contribution in [0.25, 0.3) is 0 Å². The first-order valence-electron chi connectivity index (χ1n) is 4.56. The van der Waals surface area contributed by atoms with E-state index >= 15 is 0 Å². The first kappa shape index (κ1) is 14.1. The molecular weight excluding hydrogens is 261 g/mol. The quantitative estimate of drug-likeness (QED) is 0.753. The number of carbonyl (C=O) groups is 2. The Bertz CT molecular complexity index is 345. The summed E-state index contributed by atoms with van der Waals surface area (Å²) in [4.78, 5) is 23.0. The van der Waals surface area contributed by atoms with Crippen molar-refractivity contribution in [3.05, 3.63) is 0 Å². The number of aliphatic carboxylic acids is 1. The Morgan fingerprint density at radius 1 is 1.47 bits per heavy atom. The van der Waals surface area contributed by atoms with Gasteiger partial charge in [-0.25, -0.2) is 4.79 Å². The zero-order valence-electron chi connectivity index (χ0n) is 8.82. The van der Waals surface area contributed by atoms with Crippen LogP contribution in [-0.2, 0) is 9.59 Å². The molecule has 5 nitrogen and oxygen atoms in total. The lowest BCUT2D eigenvalue weighted by molar-refractivity contribution is -0.194. The molecule has 0 radical (unpaired) electrons. The number of rotatable bonds is 2. The number of carboxylic acid groups (broad SMARTS) is 1. The summed E-state index contributed by atoms with van der Waals surface area (Å²) in [6.45, 7) is 0.539. The second kappa shape index (κ2) is 4.37. The molecule has 2 atom stereocenters. The van der Waals surface area contributed by atoms with Gasteiger partial charge in [0.2, 0.25) is 0 Å². The molecule has 9 heteroatoms. The molecule has 98 valence electrons. The first-order valence-corrected chi connectivity index (χ1v) is 5.71. The van der Waals surface area contributed by atoms with Gasteiger partial charge in [0, 0.05) is 5.75 Å². The predicted molar refractivity (Wildman–Crippen MR) is 54.2 cm³/mol. The van der Waals surface area contributed by atoms with Gasteiger partial charge in [-0.15, -0.1) is 11.8 Å². The minimum absolute atomic E-state index is 0.0645. The summed E-state index contributed by atoms with van der Waals surface area (Å²) >= 11 is 1.08. The summed E-state index contributed by atoms with van der Waals surface area (Å²) in [6, 6.07) is -1.25. The highest BCUT2D eigenvalue weighted by Crippen LogP contribution is 2.32. The zero-order chi connectivity index (χ0) is 13.4. The molecular formula is C8H11F3N2O3S. The van der Waals surface area contributed by atoms with Crippen LogP contribution in [0.3, 0.4) is 0 Å². The van der Waals surface area contributed by atoms with Crippen molar-refractivity contribution in [3.63, 3.8) is 0 Å². The number of nitrogens with zero attached hydrogens (tertiary/aromatic N) is 1. The summed E-state index contributed by atoms with van der Waals surface area (Å²) in [7, 11) is 0. The highest BCUT2D eigenvalue weighted by atomic mass is 32.2. The van der Waals surface area contributed by atoms with Crippen LogP contribution in [0, 0.1) is 0 Å². The van der Waals surface area contributed by atoms with Gasteiger partial charge >= 0.3 is 12.1 Å². The summed E-state index contributed by atoms with van der Waals surface area (Å²) < 4.78 is 37.6. The molecule has 0 spiro atoms. The third kappa shape index (κ3) is 2.49. The van der Waals surface area contributed by atoms with Crippen LogP contribution in [-0.4, -0.2) is 51.3 Å². The maximum atomic E-state index is 12.5. The molecule has 1 heterocycles. The van der Waals surface area contributed by atoms with Crippen molar-refractivity contribution in [2.45, 2.75) is 24.7 Å². The Balaban J connectivity index is 2.94. The van der Waals surface area contributed by atoms with Crippen LogP contribution >= 0.6 is 11.8 Å². The van der Waals surface area contributed by atoms with Crippen LogP contribution in [0.5, 0.6) is 0 Å². The number of hydrogen-bond acceptors (Lipinski definition) is 4. The van der Waals surface area contributed by atoms with E-state index in [-0.39, 0.29) is 11.6 Å². The third-order valence-corrected chi connectivity index (χ3v) is 3.47. The average Bonchev–Trinajstić information content (AvgIpc) is 2.62.